The van der Waals surface area contributed by atoms with Crippen molar-refractivity contribution in [1.82, 2.24) is 10.3 Å². The van der Waals surface area contributed by atoms with Gasteiger partial charge in [-0.05, 0) is 30.4 Å². The zero-order valence-corrected chi connectivity index (χ0v) is 10.4. The summed E-state index contributed by atoms with van der Waals surface area (Å²) >= 11 is 0. The number of amides is 1. The number of hydrogen-bond acceptors (Lipinski definition) is 4. The van der Waals surface area contributed by atoms with Crippen LogP contribution in [0.5, 0.6) is 0 Å². The van der Waals surface area contributed by atoms with Crippen LogP contribution in [0.3, 0.4) is 0 Å². The molecule has 1 amide bonds. The SMILES string of the molecule is CCC(=O)N[C@@H]1CCCc2c(B(O)O)cncc21. The fourth-order valence-electron chi connectivity index (χ4n) is 2.42. The zero-order chi connectivity index (χ0) is 13.1. The van der Waals surface area contributed by atoms with Crippen molar-refractivity contribution in [3.8, 4) is 0 Å². The summed E-state index contributed by atoms with van der Waals surface area (Å²) in [5, 5.41) is 21.6. The molecule has 1 aromatic heterocycles. The number of nitrogens with one attached hydrogen (secondary N) is 1. The summed E-state index contributed by atoms with van der Waals surface area (Å²) in [4.78, 5) is 15.5. The highest BCUT2D eigenvalue weighted by atomic mass is 16.4. The third kappa shape index (κ3) is 2.54. The number of aromatic nitrogens is 1. The summed E-state index contributed by atoms with van der Waals surface area (Å²) in [6.45, 7) is 1.81. The average Bonchev–Trinajstić information content (AvgIpc) is 2.38. The number of carbonyl (C=O) groups excluding carboxylic acids is 1. The molecular weight excluding hydrogens is 231 g/mol. The van der Waals surface area contributed by atoms with Gasteiger partial charge in [0.15, 0.2) is 0 Å². The van der Waals surface area contributed by atoms with Crippen LogP contribution >= 0.6 is 0 Å². The molecule has 0 bridgehead atoms. The van der Waals surface area contributed by atoms with E-state index in [4.69, 9.17) is 0 Å². The van der Waals surface area contributed by atoms with Crippen LogP contribution in [0.4, 0.5) is 0 Å². The summed E-state index contributed by atoms with van der Waals surface area (Å²) in [7, 11) is -1.51. The highest BCUT2D eigenvalue weighted by molar-refractivity contribution is 6.59. The van der Waals surface area contributed by atoms with Crippen LogP contribution in [0.2, 0.25) is 0 Å². The van der Waals surface area contributed by atoms with Gasteiger partial charge in [0.2, 0.25) is 5.91 Å². The summed E-state index contributed by atoms with van der Waals surface area (Å²) in [6, 6.07) is -0.0626. The lowest BCUT2D eigenvalue weighted by atomic mass is 9.73. The van der Waals surface area contributed by atoms with Crippen LogP contribution in [0.1, 0.15) is 43.4 Å². The molecule has 3 N–H and O–H groups in total. The van der Waals surface area contributed by atoms with Crippen molar-refractivity contribution in [2.45, 2.75) is 38.6 Å². The predicted molar refractivity (Wildman–Crippen MR) is 68.2 cm³/mol. The van der Waals surface area contributed by atoms with Crippen LogP contribution in [0.15, 0.2) is 12.4 Å². The predicted octanol–water partition coefficient (Wildman–Crippen LogP) is -0.335. The zero-order valence-electron chi connectivity index (χ0n) is 10.4. The van der Waals surface area contributed by atoms with E-state index in [0.29, 0.717) is 11.9 Å². The van der Waals surface area contributed by atoms with E-state index in [9.17, 15) is 14.8 Å². The van der Waals surface area contributed by atoms with Gasteiger partial charge in [0.1, 0.15) is 0 Å². The Morgan fingerprint density at radius 1 is 1.56 bits per heavy atom. The van der Waals surface area contributed by atoms with Gasteiger partial charge >= 0.3 is 7.12 Å². The second-order valence-electron chi connectivity index (χ2n) is 4.54. The Labute approximate surface area is 106 Å². The van der Waals surface area contributed by atoms with Gasteiger partial charge in [-0.15, -0.1) is 0 Å². The number of pyridine rings is 1. The molecule has 96 valence electrons. The highest BCUT2D eigenvalue weighted by Gasteiger charge is 2.27. The summed E-state index contributed by atoms with van der Waals surface area (Å²) in [6.07, 6.45) is 6.22. The number of hydrogen-bond donors (Lipinski definition) is 3. The van der Waals surface area contributed by atoms with Crippen molar-refractivity contribution in [3.05, 3.63) is 23.5 Å². The van der Waals surface area contributed by atoms with Crippen molar-refractivity contribution in [1.29, 1.82) is 0 Å². The fourth-order valence-corrected chi connectivity index (χ4v) is 2.42. The summed E-state index contributed by atoms with van der Waals surface area (Å²) in [5.74, 6) is 0.00259. The lowest BCUT2D eigenvalue weighted by molar-refractivity contribution is -0.121. The number of nitrogens with zero attached hydrogens (tertiary/aromatic N) is 1. The van der Waals surface area contributed by atoms with Crippen LogP contribution in [0.25, 0.3) is 0 Å². The molecule has 5 nitrogen and oxygen atoms in total. The Hall–Kier alpha value is -1.40. The van der Waals surface area contributed by atoms with E-state index in [1.54, 1.807) is 6.20 Å². The minimum Gasteiger partial charge on any atom is -0.423 e. The Kier molecular flexibility index (Phi) is 3.99. The van der Waals surface area contributed by atoms with Crippen LogP contribution < -0.4 is 10.8 Å². The smallest absolute Gasteiger partial charge is 0.423 e. The number of fused-ring (bicyclic) bond motifs is 1. The molecule has 0 aromatic carbocycles. The Morgan fingerprint density at radius 3 is 3.00 bits per heavy atom. The van der Waals surface area contributed by atoms with E-state index in [0.717, 1.165) is 30.4 Å². The largest absolute Gasteiger partial charge is 0.490 e. The van der Waals surface area contributed by atoms with Gasteiger partial charge < -0.3 is 15.4 Å². The van der Waals surface area contributed by atoms with E-state index >= 15 is 0 Å². The Balaban J connectivity index is 2.32. The van der Waals surface area contributed by atoms with Crippen molar-refractivity contribution < 1.29 is 14.8 Å². The summed E-state index contributed by atoms with van der Waals surface area (Å²) in [5.41, 5.74) is 2.27. The first-order chi connectivity index (χ1) is 8.63. The maximum atomic E-state index is 11.5. The molecule has 0 saturated carbocycles. The Bertz CT molecular complexity index is 451. The molecule has 0 aliphatic heterocycles. The van der Waals surface area contributed by atoms with E-state index in [1.807, 2.05) is 6.92 Å². The van der Waals surface area contributed by atoms with E-state index in [2.05, 4.69) is 10.3 Å². The number of carbonyl (C=O) groups is 1. The quantitative estimate of drug-likeness (QED) is 0.639. The molecule has 2 rings (SSSR count). The maximum absolute atomic E-state index is 11.5. The molecular formula is C12H17BN2O3. The van der Waals surface area contributed by atoms with Gasteiger partial charge in [0, 0.05) is 24.3 Å². The molecule has 1 aliphatic rings. The van der Waals surface area contributed by atoms with Crippen molar-refractivity contribution in [2.24, 2.45) is 0 Å². The van der Waals surface area contributed by atoms with E-state index in [1.165, 1.54) is 6.20 Å². The molecule has 0 spiro atoms. The molecule has 0 unspecified atom stereocenters. The monoisotopic (exact) mass is 248 g/mol. The minimum atomic E-state index is -1.51. The molecule has 0 fully saturated rings. The van der Waals surface area contributed by atoms with Crippen molar-refractivity contribution >= 4 is 18.5 Å². The normalized spacial score (nSPS) is 18.1. The van der Waals surface area contributed by atoms with Gasteiger partial charge in [-0.1, -0.05) is 6.92 Å². The molecule has 1 aromatic rings. The second-order valence-corrected chi connectivity index (χ2v) is 4.54. The first-order valence-corrected chi connectivity index (χ1v) is 6.25. The lowest BCUT2D eigenvalue weighted by Crippen LogP contribution is -2.38. The molecule has 6 heteroatoms. The first kappa shape index (κ1) is 13.0. The Morgan fingerprint density at radius 2 is 2.33 bits per heavy atom. The lowest BCUT2D eigenvalue weighted by Gasteiger charge is -2.27. The van der Waals surface area contributed by atoms with E-state index < -0.39 is 7.12 Å². The van der Waals surface area contributed by atoms with Crippen LogP contribution in [-0.2, 0) is 11.2 Å². The fraction of sp³-hybridized carbons (Fsp3) is 0.500. The van der Waals surface area contributed by atoms with Gasteiger partial charge in [-0.2, -0.15) is 0 Å². The second kappa shape index (κ2) is 5.50. The van der Waals surface area contributed by atoms with Gasteiger partial charge in [0.25, 0.3) is 0 Å². The summed E-state index contributed by atoms with van der Waals surface area (Å²) < 4.78 is 0. The van der Waals surface area contributed by atoms with Crippen molar-refractivity contribution in [3.63, 3.8) is 0 Å². The standard InChI is InChI=1S/C12H17BN2O3/c1-2-12(16)15-11-5-3-4-8-9(11)6-14-7-10(8)13(17)18/h6-7,11,17-18H,2-5H2,1H3,(H,15,16)/t11-/m1/s1. The maximum Gasteiger partial charge on any atom is 0.490 e. The topological polar surface area (TPSA) is 82.5 Å². The highest BCUT2D eigenvalue weighted by Crippen LogP contribution is 2.28. The number of rotatable bonds is 3. The molecule has 0 radical (unpaired) electrons. The molecule has 0 saturated heterocycles. The van der Waals surface area contributed by atoms with Gasteiger partial charge in [-0.3, -0.25) is 9.78 Å². The third-order valence-corrected chi connectivity index (χ3v) is 3.35. The molecule has 18 heavy (non-hydrogen) atoms. The van der Waals surface area contributed by atoms with Crippen LogP contribution in [-0.4, -0.2) is 28.1 Å². The van der Waals surface area contributed by atoms with Gasteiger partial charge in [0.05, 0.1) is 6.04 Å². The van der Waals surface area contributed by atoms with Gasteiger partial charge in [-0.25, -0.2) is 0 Å². The molecule has 1 aliphatic carbocycles. The van der Waals surface area contributed by atoms with Crippen molar-refractivity contribution in [2.75, 3.05) is 0 Å². The minimum absolute atomic E-state index is 0.00259. The first-order valence-electron chi connectivity index (χ1n) is 6.25. The molecule has 1 atom stereocenters. The molecule has 1 heterocycles. The average molecular weight is 248 g/mol. The van der Waals surface area contributed by atoms with Crippen LogP contribution in [0, 0.1) is 0 Å². The van der Waals surface area contributed by atoms with E-state index in [-0.39, 0.29) is 11.9 Å². The third-order valence-electron chi connectivity index (χ3n) is 3.35.